The third-order valence-corrected chi connectivity index (χ3v) is 4.61. The van der Waals surface area contributed by atoms with Gasteiger partial charge in [0.2, 0.25) is 0 Å². The van der Waals surface area contributed by atoms with Crippen molar-refractivity contribution in [3.8, 4) is 0 Å². The Bertz CT molecular complexity index is 650. The third-order valence-electron chi connectivity index (χ3n) is 4.61. The maximum absolute atomic E-state index is 13.7. The SMILES string of the molecule is Cc1cnc(C2CCN(Cc3ccncc3F)CC2)n1CCO. The summed E-state index contributed by atoms with van der Waals surface area (Å²) in [5, 5.41) is 9.22. The first kappa shape index (κ1) is 16.1. The molecule has 2 aromatic rings. The molecule has 0 saturated carbocycles. The first-order valence-electron chi connectivity index (χ1n) is 8.12. The minimum absolute atomic E-state index is 0.129. The number of nitrogens with zero attached hydrogens (tertiary/aromatic N) is 4. The van der Waals surface area contributed by atoms with E-state index in [1.807, 2.05) is 13.1 Å². The minimum atomic E-state index is -0.233. The Balaban J connectivity index is 1.62. The van der Waals surface area contributed by atoms with Crippen molar-refractivity contribution < 1.29 is 9.50 Å². The van der Waals surface area contributed by atoms with Gasteiger partial charge < -0.3 is 9.67 Å². The Morgan fingerprint density at radius 3 is 2.78 bits per heavy atom. The molecule has 1 aliphatic rings. The van der Waals surface area contributed by atoms with E-state index in [2.05, 4.69) is 19.4 Å². The molecule has 1 aliphatic heterocycles. The van der Waals surface area contributed by atoms with Crippen LogP contribution in [0.1, 0.15) is 35.8 Å². The van der Waals surface area contributed by atoms with Crippen LogP contribution >= 0.6 is 0 Å². The number of aliphatic hydroxyl groups is 1. The smallest absolute Gasteiger partial charge is 0.145 e. The quantitative estimate of drug-likeness (QED) is 0.917. The fourth-order valence-corrected chi connectivity index (χ4v) is 3.32. The van der Waals surface area contributed by atoms with Crippen molar-refractivity contribution in [2.24, 2.45) is 0 Å². The second-order valence-corrected chi connectivity index (χ2v) is 6.15. The van der Waals surface area contributed by atoms with E-state index in [1.165, 1.54) is 6.20 Å². The molecule has 0 spiro atoms. The van der Waals surface area contributed by atoms with E-state index in [0.29, 0.717) is 24.6 Å². The lowest BCUT2D eigenvalue weighted by Crippen LogP contribution is -2.33. The first-order valence-corrected chi connectivity index (χ1v) is 8.12. The van der Waals surface area contributed by atoms with Gasteiger partial charge in [-0.1, -0.05) is 0 Å². The van der Waals surface area contributed by atoms with E-state index in [-0.39, 0.29) is 12.4 Å². The number of aromatic nitrogens is 3. The number of hydrogen-bond acceptors (Lipinski definition) is 4. The van der Waals surface area contributed by atoms with Crippen molar-refractivity contribution in [1.82, 2.24) is 19.4 Å². The molecule has 0 unspecified atom stereocenters. The Morgan fingerprint density at radius 1 is 1.30 bits per heavy atom. The first-order chi connectivity index (χ1) is 11.2. The van der Waals surface area contributed by atoms with Crippen LogP contribution in [0.2, 0.25) is 0 Å². The van der Waals surface area contributed by atoms with E-state index >= 15 is 0 Å². The summed E-state index contributed by atoms with van der Waals surface area (Å²) in [5.41, 5.74) is 1.80. The van der Waals surface area contributed by atoms with Gasteiger partial charge in [0, 0.05) is 42.7 Å². The average Bonchev–Trinajstić information content (AvgIpc) is 2.92. The van der Waals surface area contributed by atoms with Crippen LogP contribution in [0.3, 0.4) is 0 Å². The standard InChI is InChI=1S/C17H23FN4O/c1-13-10-20-17(22(13)8-9-23)14-3-6-21(7-4-14)12-15-2-5-19-11-16(15)18/h2,5,10-11,14,23H,3-4,6-9,12H2,1H3. The summed E-state index contributed by atoms with van der Waals surface area (Å²) in [6, 6.07) is 1.75. The molecule has 124 valence electrons. The van der Waals surface area contributed by atoms with Crippen molar-refractivity contribution in [3.05, 3.63) is 47.6 Å². The highest BCUT2D eigenvalue weighted by molar-refractivity contribution is 5.13. The van der Waals surface area contributed by atoms with E-state index in [1.54, 1.807) is 12.3 Å². The predicted molar refractivity (Wildman–Crippen MR) is 85.5 cm³/mol. The summed E-state index contributed by atoms with van der Waals surface area (Å²) in [6.45, 7) is 5.24. The zero-order chi connectivity index (χ0) is 16.2. The topological polar surface area (TPSA) is 54.2 Å². The van der Waals surface area contributed by atoms with Crippen molar-refractivity contribution >= 4 is 0 Å². The van der Waals surface area contributed by atoms with E-state index in [0.717, 1.165) is 37.4 Å². The number of aliphatic hydroxyl groups excluding tert-OH is 1. The summed E-state index contributed by atoms with van der Waals surface area (Å²) in [4.78, 5) is 10.6. The zero-order valence-electron chi connectivity index (χ0n) is 13.5. The van der Waals surface area contributed by atoms with Crippen LogP contribution in [0.25, 0.3) is 0 Å². The molecule has 3 rings (SSSR count). The Labute approximate surface area is 135 Å². The Hall–Kier alpha value is -1.79. The number of imidazole rings is 1. The molecule has 0 aliphatic carbocycles. The van der Waals surface area contributed by atoms with Crippen LogP contribution in [0.15, 0.2) is 24.7 Å². The van der Waals surface area contributed by atoms with Crippen molar-refractivity contribution in [2.45, 2.75) is 38.8 Å². The molecular formula is C17H23FN4O. The zero-order valence-corrected chi connectivity index (χ0v) is 13.5. The molecule has 0 bridgehead atoms. The van der Waals surface area contributed by atoms with Crippen molar-refractivity contribution in [1.29, 1.82) is 0 Å². The lowest BCUT2D eigenvalue weighted by Gasteiger charge is -2.32. The number of piperidine rings is 1. The van der Waals surface area contributed by atoms with Gasteiger partial charge in [0.1, 0.15) is 11.6 Å². The van der Waals surface area contributed by atoms with Gasteiger partial charge in [-0.25, -0.2) is 9.37 Å². The Morgan fingerprint density at radius 2 is 2.09 bits per heavy atom. The molecule has 0 radical (unpaired) electrons. The fraction of sp³-hybridized carbons (Fsp3) is 0.529. The molecule has 23 heavy (non-hydrogen) atoms. The molecule has 0 aromatic carbocycles. The number of likely N-dealkylation sites (tertiary alicyclic amines) is 1. The highest BCUT2D eigenvalue weighted by atomic mass is 19.1. The predicted octanol–water partition coefficient (Wildman–Crippen LogP) is 2.10. The molecule has 6 heteroatoms. The monoisotopic (exact) mass is 318 g/mol. The lowest BCUT2D eigenvalue weighted by atomic mass is 9.95. The van der Waals surface area contributed by atoms with Crippen molar-refractivity contribution in [3.63, 3.8) is 0 Å². The normalized spacial score (nSPS) is 16.8. The van der Waals surface area contributed by atoms with Gasteiger partial charge in [-0.3, -0.25) is 9.88 Å². The number of pyridine rings is 1. The largest absolute Gasteiger partial charge is 0.395 e. The third kappa shape index (κ3) is 3.59. The summed E-state index contributed by atoms with van der Waals surface area (Å²) < 4.78 is 15.8. The molecule has 1 fully saturated rings. The minimum Gasteiger partial charge on any atom is -0.395 e. The number of hydrogen-bond donors (Lipinski definition) is 1. The van der Waals surface area contributed by atoms with Gasteiger partial charge >= 0.3 is 0 Å². The molecule has 0 atom stereocenters. The van der Waals surface area contributed by atoms with Gasteiger partial charge in [0.25, 0.3) is 0 Å². The summed E-state index contributed by atoms with van der Waals surface area (Å²) in [6.07, 6.45) is 6.81. The second-order valence-electron chi connectivity index (χ2n) is 6.15. The van der Waals surface area contributed by atoms with E-state index < -0.39 is 0 Å². The summed E-state index contributed by atoms with van der Waals surface area (Å²) >= 11 is 0. The van der Waals surface area contributed by atoms with Gasteiger partial charge in [0.05, 0.1) is 12.8 Å². The molecule has 2 aromatic heterocycles. The lowest BCUT2D eigenvalue weighted by molar-refractivity contribution is 0.196. The van der Waals surface area contributed by atoms with Gasteiger partial charge in [-0.05, 0) is 38.9 Å². The molecule has 5 nitrogen and oxygen atoms in total. The molecular weight excluding hydrogens is 295 g/mol. The van der Waals surface area contributed by atoms with Crippen LogP contribution in [-0.2, 0) is 13.1 Å². The number of rotatable bonds is 5. The highest BCUT2D eigenvalue weighted by Crippen LogP contribution is 2.28. The van der Waals surface area contributed by atoms with E-state index in [4.69, 9.17) is 0 Å². The molecule has 1 N–H and O–H groups in total. The molecule has 1 saturated heterocycles. The van der Waals surface area contributed by atoms with E-state index in [9.17, 15) is 9.50 Å². The highest BCUT2D eigenvalue weighted by Gasteiger charge is 2.25. The molecule has 3 heterocycles. The van der Waals surface area contributed by atoms with Gasteiger partial charge in [0.15, 0.2) is 0 Å². The molecule has 0 amide bonds. The van der Waals surface area contributed by atoms with Crippen LogP contribution in [0.5, 0.6) is 0 Å². The fourth-order valence-electron chi connectivity index (χ4n) is 3.32. The number of aryl methyl sites for hydroxylation is 1. The summed E-state index contributed by atoms with van der Waals surface area (Å²) in [5.74, 6) is 1.25. The van der Waals surface area contributed by atoms with Gasteiger partial charge in [-0.15, -0.1) is 0 Å². The van der Waals surface area contributed by atoms with Crippen molar-refractivity contribution in [2.75, 3.05) is 19.7 Å². The van der Waals surface area contributed by atoms with Crippen LogP contribution in [0.4, 0.5) is 4.39 Å². The van der Waals surface area contributed by atoms with Crippen LogP contribution in [-0.4, -0.2) is 44.2 Å². The van der Waals surface area contributed by atoms with Crippen LogP contribution < -0.4 is 0 Å². The average molecular weight is 318 g/mol. The van der Waals surface area contributed by atoms with Gasteiger partial charge in [-0.2, -0.15) is 0 Å². The summed E-state index contributed by atoms with van der Waals surface area (Å²) in [7, 11) is 0. The number of halogens is 1. The maximum Gasteiger partial charge on any atom is 0.145 e. The Kier molecular flexibility index (Phi) is 5.03. The second kappa shape index (κ2) is 7.19. The maximum atomic E-state index is 13.7. The van der Waals surface area contributed by atoms with Crippen LogP contribution in [0, 0.1) is 12.7 Å².